The van der Waals surface area contributed by atoms with Crippen molar-refractivity contribution in [3.05, 3.63) is 33.8 Å². The highest BCUT2D eigenvalue weighted by molar-refractivity contribution is 9.10. The van der Waals surface area contributed by atoms with Crippen molar-refractivity contribution in [3.8, 4) is 6.07 Å². The summed E-state index contributed by atoms with van der Waals surface area (Å²) in [5.74, 6) is -0.527. The number of alkyl halides is 3. The number of nitrogens with zero attached hydrogens (tertiary/aromatic N) is 2. The molecule has 0 heterocycles. The number of carbonyl (C=O) groups is 1. The van der Waals surface area contributed by atoms with Crippen LogP contribution in [0.3, 0.4) is 0 Å². The van der Waals surface area contributed by atoms with Gasteiger partial charge < -0.3 is 4.90 Å². The molecular weight excluding hydrogens is 337 g/mol. The Kier molecular flexibility index (Phi) is 5.57. The van der Waals surface area contributed by atoms with E-state index in [9.17, 15) is 18.0 Å². The van der Waals surface area contributed by atoms with Crippen LogP contribution in [0.25, 0.3) is 0 Å². The molecule has 0 bridgehead atoms. The molecular formula is C13H12BrF3N2O. The van der Waals surface area contributed by atoms with E-state index >= 15 is 0 Å². The fourth-order valence-corrected chi connectivity index (χ4v) is 2.04. The zero-order valence-corrected chi connectivity index (χ0v) is 12.3. The summed E-state index contributed by atoms with van der Waals surface area (Å²) in [7, 11) is 0. The summed E-state index contributed by atoms with van der Waals surface area (Å²) in [6, 6.07) is 4.84. The van der Waals surface area contributed by atoms with Crippen molar-refractivity contribution in [1.29, 1.82) is 5.26 Å². The molecule has 0 saturated carbocycles. The molecule has 1 aromatic rings. The summed E-state index contributed by atoms with van der Waals surface area (Å²) in [5.41, 5.74) is -0.931. The van der Waals surface area contributed by atoms with E-state index in [1.807, 2.05) is 6.07 Å². The van der Waals surface area contributed by atoms with Crippen molar-refractivity contribution >= 4 is 21.8 Å². The van der Waals surface area contributed by atoms with Crippen molar-refractivity contribution in [2.45, 2.75) is 19.5 Å². The Morgan fingerprint density at radius 2 is 2.10 bits per heavy atom. The lowest BCUT2D eigenvalue weighted by molar-refractivity contribution is -0.137. The van der Waals surface area contributed by atoms with Crippen LogP contribution in [0.5, 0.6) is 0 Å². The van der Waals surface area contributed by atoms with E-state index in [1.54, 1.807) is 6.92 Å². The van der Waals surface area contributed by atoms with E-state index in [1.165, 1.54) is 11.0 Å². The van der Waals surface area contributed by atoms with E-state index in [0.717, 1.165) is 12.1 Å². The average molecular weight is 349 g/mol. The normalized spacial score (nSPS) is 11.0. The van der Waals surface area contributed by atoms with Gasteiger partial charge in [0.2, 0.25) is 0 Å². The molecule has 1 aromatic carbocycles. The number of halogens is 4. The van der Waals surface area contributed by atoms with Crippen LogP contribution in [0, 0.1) is 11.3 Å². The first kappa shape index (κ1) is 16.5. The maximum Gasteiger partial charge on any atom is 0.416 e. The third kappa shape index (κ3) is 3.97. The van der Waals surface area contributed by atoms with E-state index in [-0.39, 0.29) is 18.5 Å². The van der Waals surface area contributed by atoms with Crippen LogP contribution in [0.15, 0.2) is 22.7 Å². The number of benzene rings is 1. The van der Waals surface area contributed by atoms with Crippen LogP contribution in [0.2, 0.25) is 0 Å². The summed E-state index contributed by atoms with van der Waals surface area (Å²) in [6.45, 7) is 2.22. The third-order valence-electron chi connectivity index (χ3n) is 2.69. The number of hydrogen-bond acceptors (Lipinski definition) is 2. The van der Waals surface area contributed by atoms with E-state index in [4.69, 9.17) is 5.26 Å². The minimum Gasteiger partial charge on any atom is -0.338 e. The van der Waals surface area contributed by atoms with Gasteiger partial charge in [0.05, 0.1) is 23.6 Å². The lowest BCUT2D eigenvalue weighted by Gasteiger charge is -2.21. The van der Waals surface area contributed by atoms with Gasteiger partial charge >= 0.3 is 6.18 Å². The van der Waals surface area contributed by atoms with Gasteiger partial charge in [-0.2, -0.15) is 18.4 Å². The molecule has 0 atom stereocenters. The molecule has 0 aliphatic carbocycles. The first-order valence-electron chi connectivity index (χ1n) is 5.84. The predicted octanol–water partition coefficient (Wildman–Crippen LogP) is 3.84. The molecule has 0 aliphatic rings. The standard InChI is InChI=1S/C13H12BrF3N2O/c1-2-19(7-3-6-18)12(20)10-8-9(13(15,16)17)4-5-11(10)14/h4-5,8H,2-3,7H2,1H3. The highest BCUT2D eigenvalue weighted by Gasteiger charge is 2.32. The van der Waals surface area contributed by atoms with E-state index in [2.05, 4.69) is 15.9 Å². The summed E-state index contributed by atoms with van der Waals surface area (Å²) in [6.07, 6.45) is -4.37. The average Bonchev–Trinajstić information content (AvgIpc) is 2.38. The molecule has 1 amide bonds. The topological polar surface area (TPSA) is 44.1 Å². The zero-order chi connectivity index (χ0) is 15.3. The lowest BCUT2D eigenvalue weighted by Crippen LogP contribution is -2.32. The van der Waals surface area contributed by atoms with Gasteiger partial charge in [0.1, 0.15) is 0 Å². The van der Waals surface area contributed by atoms with E-state index in [0.29, 0.717) is 11.0 Å². The number of hydrogen-bond donors (Lipinski definition) is 0. The van der Waals surface area contributed by atoms with Gasteiger partial charge in [0, 0.05) is 17.6 Å². The smallest absolute Gasteiger partial charge is 0.338 e. The monoisotopic (exact) mass is 348 g/mol. The quantitative estimate of drug-likeness (QED) is 0.829. The summed E-state index contributed by atoms with van der Waals surface area (Å²) in [5, 5.41) is 8.52. The Balaban J connectivity index is 3.11. The SMILES string of the molecule is CCN(CCC#N)C(=O)c1cc(C(F)(F)F)ccc1Br. The Labute approximate surface area is 123 Å². The minimum atomic E-state index is -4.50. The Morgan fingerprint density at radius 1 is 1.45 bits per heavy atom. The third-order valence-corrected chi connectivity index (χ3v) is 3.38. The zero-order valence-electron chi connectivity index (χ0n) is 10.7. The van der Waals surface area contributed by atoms with Crippen LogP contribution in [-0.2, 0) is 6.18 Å². The van der Waals surface area contributed by atoms with Crippen LogP contribution < -0.4 is 0 Å². The first-order chi connectivity index (χ1) is 9.31. The first-order valence-corrected chi connectivity index (χ1v) is 6.63. The van der Waals surface area contributed by atoms with Crippen LogP contribution in [0.1, 0.15) is 29.3 Å². The summed E-state index contributed by atoms with van der Waals surface area (Å²) < 4.78 is 38.3. The molecule has 108 valence electrons. The lowest BCUT2D eigenvalue weighted by atomic mass is 10.1. The Bertz CT molecular complexity index is 537. The van der Waals surface area contributed by atoms with Crippen LogP contribution in [0.4, 0.5) is 13.2 Å². The van der Waals surface area contributed by atoms with Crippen LogP contribution in [-0.4, -0.2) is 23.9 Å². The van der Waals surface area contributed by atoms with Gasteiger partial charge in [0.25, 0.3) is 5.91 Å². The highest BCUT2D eigenvalue weighted by Crippen LogP contribution is 2.32. The Hall–Kier alpha value is -1.55. The molecule has 0 radical (unpaired) electrons. The predicted molar refractivity (Wildman–Crippen MR) is 71.0 cm³/mol. The fraction of sp³-hybridized carbons (Fsp3) is 0.385. The van der Waals surface area contributed by atoms with Gasteiger partial charge in [-0.15, -0.1) is 0 Å². The second-order valence-electron chi connectivity index (χ2n) is 3.99. The molecule has 7 heteroatoms. The molecule has 0 spiro atoms. The number of rotatable bonds is 4. The number of carbonyl (C=O) groups excluding carboxylic acids is 1. The molecule has 0 saturated heterocycles. The molecule has 3 nitrogen and oxygen atoms in total. The van der Waals surface area contributed by atoms with Crippen molar-refractivity contribution in [3.63, 3.8) is 0 Å². The maximum absolute atomic E-state index is 12.7. The molecule has 20 heavy (non-hydrogen) atoms. The molecule has 0 fully saturated rings. The molecule has 0 aromatic heterocycles. The maximum atomic E-state index is 12.7. The molecule has 0 unspecified atom stereocenters. The van der Waals surface area contributed by atoms with Gasteiger partial charge in [-0.1, -0.05) is 0 Å². The van der Waals surface area contributed by atoms with Crippen molar-refractivity contribution in [2.24, 2.45) is 0 Å². The van der Waals surface area contributed by atoms with Crippen molar-refractivity contribution < 1.29 is 18.0 Å². The molecule has 1 rings (SSSR count). The largest absolute Gasteiger partial charge is 0.416 e. The van der Waals surface area contributed by atoms with Gasteiger partial charge in [0.15, 0.2) is 0 Å². The summed E-state index contributed by atoms with van der Waals surface area (Å²) >= 11 is 3.08. The van der Waals surface area contributed by atoms with Gasteiger partial charge in [-0.05, 0) is 41.1 Å². The molecule has 0 N–H and O–H groups in total. The minimum absolute atomic E-state index is 0.0559. The Morgan fingerprint density at radius 3 is 2.60 bits per heavy atom. The second-order valence-corrected chi connectivity index (χ2v) is 4.84. The number of nitriles is 1. The highest BCUT2D eigenvalue weighted by atomic mass is 79.9. The number of amides is 1. The van der Waals surface area contributed by atoms with Crippen LogP contribution >= 0.6 is 15.9 Å². The van der Waals surface area contributed by atoms with Gasteiger partial charge in [-0.25, -0.2) is 0 Å². The fourth-order valence-electron chi connectivity index (χ4n) is 1.62. The summed E-state index contributed by atoms with van der Waals surface area (Å²) in [4.78, 5) is 13.5. The molecule has 0 aliphatic heterocycles. The van der Waals surface area contributed by atoms with Crippen molar-refractivity contribution in [2.75, 3.05) is 13.1 Å². The van der Waals surface area contributed by atoms with E-state index < -0.39 is 17.6 Å². The second kappa shape index (κ2) is 6.75. The van der Waals surface area contributed by atoms with Crippen molar-refractivity contribution in [1.82, 2.24) is 4.90 Å². The van der Waals surface area contributed by atoms with Gasteiger partial charge in [-0.3, -0.25) is 4.79 Å².